The highest BCUT2D eigenvalue weighted by Gasteiger charge is 2.27. The molecule has 2 nitrogen and oxygen atoms in total. The number of aryl methyl sites for hydroxylation is 1. The van der Waals surface area contributed by atoms with Crippen LogP contribution in [-0.4, -0.2) is 4.98 Å². The van der Waals surface area contributed by atoms with Crippen LogP contribution < -0.4 is 0 Å². The van der Waals surface area contributed by atoms with Crippen molar-refractivity contribution in [1.29, 1.82) is 0 Å². The molecule has 7 aromatic rings. The van der Waals surface area contributed by atoms with Gasteiger partial charge in [-0.2, -0.15) is 0 Å². The Hall–Kier alpha value is -5.21. The fourth-order valence-electron chi connectivity index (χ4n) is 6.59. The summed E-state index contributed by atoms with van der Waals surface area (Å²) in [4.78, 5) is 4.73. The van der Waals surface area contributed by atoms with Crippen molar-refractivity contribution in [3.8, 4) is 67.1 Å². The number of rotatable bonds is 3. The Kier molecular flexibility index (Phi) is 5.19. The average Bonchev–Trinajstić information content (AvgIpc) is 3.49. The second-order valence-electron chi connectivity index (χ2n) is 12.7. The van der Waals surface area contributed by atoms with Gasteiger partial charge in [-0.1, -0.05) is 130 Å². The van der Waals surface area contributed by atoms with Crippen molar-refractivity contribution in [2.24, 2.45) is 5.41 Å². The van der Waals surface area contributed by atoms with E-state index in [9.17, 15) is 0 Å². The molecule has 0 radical (unpaired) electrons. The third-order valence-electron chi connectivity index (χ3n) is 8.49. The monoisotopic (exact) mass is 586 g/mol. The third kappa shape index (κ3) is 4.69. The fourth-order valence-corrected chi connectivity index (χ4v) is 6.59. The van der Waals surface area contributed by atoms with Crippen LogP contribution in [0.5, 0.6) is 0 Å². The van der Waals surface area contributed by atoms with Crippen molar-refractivity contribution in [3.63, 3.8) is 0 Å². The predicted molar refractivity (Wildman–Crippen MR) is 188 cm³/mol. The van der Waals surface area contributed by atoms with Crippen LogP contribution in [0.25, 0.3) is 78.1 Å². The number of fused-ring (bicyclic) bond motifs is 10. The first-order valence-electron chi connectivity index (χ1n) is 17.8. The summed E-state index contributed by atoms with van der Waals surface area (Å²) in [5, 5.41) is 0.941. The molecular formula is C43H35NO. The number of nitrogens with zero attached hydrogens (tertiary/aromatic N) is 1. The normalized spacial score (nSPS) is 14.3. The van der Waals surface area contributed by atoms with E-state index in [1.165, 1.54) is 6.20 Å². The van der Waals surface area contributed by atoms with E-state index in [1.54, 1.807) is 24.3 Å². The zero-order valence-corrected chi connectivity index (χ0v) is 25.5. The molecule has 0 amide bonds. The van der Waals surface area contributed by atoms with Gasteiger partial charge in [-0.05, 0) is 80.8 Å². The van der Waals surface area contributed by atoms with Crippen molar-refractivity contribution in [3.05, 3.63) is 139 Å². The van der Waals surface area contributed by atoms with Gasteiger partial charge in [0.05, 0.1) is 5.69 Å². The molecule has 1 aliphatic carbocycles. The van der Waals surface area contributed by atoms with Gasteiger partial charge in [-0.25, -0.2) is 0 Å². The molecule has 0 spiro atoms. The van der Waals surface area contributed by atoms with Gasteiger partial charge in [0.15, 0.2) is 0 Å². The van der Waals surface area contributed by atoms with Gasteiger partial charge in [-0.15, -0.1) is 0 Å². The van der Waals surface area contributed by atoms with E-state index < -0.39 is 18.6 Å². The van der Waals surface area contributed by atoms with Crippen molar-refractivity contribution in [1.82, 2.24) is 4.98 Å². The molecule has 0 aliphatic heterocycles. The molecule has 2 aromatic heterocycles. The first-order valence-corrected chi connectivity index (χ1v) is 15.3. The topological polar surface area (TPSA) is 26.0 Å². The minimum Gasteiger partial charge on any atom is -0.455 e. The molecule has 218 valence electrons. The van der Waals surface area contributed by atoms with Crippen LogP contribution in [0.1, 0.15) is 38.8 Å². The first kappa shape index (κ1) is 22.3. The number of para-hydroxylation sites is 1. The minimum atomic E-state index is -2.41. The Morgan fingerprint density at radius 1 is 0.644 bits per heavy atom. The predicted octanol–water partition coefficient (Wildman–Crippen LogP) is 12.0. The molecule has 45 heavy (non-hydrogen) atoms. The summed E-state index contributed by atoms with van der Waals surface area (Å²) in [5.41, 5.74) is 10.8. The summed E-state index contributed by atoms with van der Waals surface area (Å²) >= 11 is 0. The van der Waals surface area contributed by atoms with Gasteiger partial charge in [-0.3, -0.25) is 4.98 Å². The van der Waals surface area contributed by atoms with Gasteiger partial charge in [0.25, 0.3) is 0 Å². The van der Waals surface area contributed by atoms with Crippen molar-refractivity contribution >= 4 is 11.0 Å². The number of furan rings is 1. The molecule has 1 aliphatic rings. The SMILES string of the molecule is [2H]C([2H])([2H])c1cnc(-c2cccc3c4c(oc23)-c2ccccc2-c2ccccc2-c2ccccc2-4)cc1-c1ccc(C([2H])([2H])C(C)(C)C)cc1. The molecule has 0 fully saturated rings. The lowest BCUT2D eigenvalue weighted by Gasteiger charge is -2.20. The number of hydrogen-bond acceptors (Lipinski definition) is 2. The van der Waals surface area contributed by atoms with E-state index in [1.807, 2.05) is 45.0 Å². The van der Waals surface area contributed by atoms with E-state index in [0.717, 1.165) is 55.7 Å². The maximum absolute atomic E-state index is 8.73. The van der Waals surface area contributed by atoms with Crippen LogP contribution in [-0.2, 0) is 6.37 Å². The lowest BCUT2D eigenvalue weighted by molar-refractivity contribution is 0.411. The second-order valence-corrected chi connectivity index (χ2v) is 12.7. The first-order chi connectivity index (χ1) is 23.8. The largest absolute Gasteiger partial charge is 0.455 e. The van der Waals surface area contributed by atoms with Crippen molar-refractivity contribution in [2.75, 3.05) is 0 Å². The molecule has 0 N–H and O–H groups in total. The maximum atomic E-state index is 8.73. The number of aromatic nitrogens is 1. The zero-order valence-electron chi connectivity index (χ0n) is 30.5. The van der Waals surface area contributed by atoms with Gasteiger partial charge in [0.2, 0.25) is 0 Å². The van der Waals surface area contributed by atoms with Crippen LogP contribution in [0.3, 0.4) is 0 Å². The Morgan fingerprint density at radius 2 is 1.22 bits per heavy atom. The Labute approximate surface area is 272 Å². The molecule has 0 bridgehead atoms. The number of pyridine rings is 1. The van der Waals surface area contributed by atoms with E-state index in [4.69, 9.17) is 16.3 Å². The molecule has 0 atom stereocenters. The van der Waals surface area contributed by atoms with Crippen LogP contribution in [0, 0.1) is 12.3 Å². The van der Waals surface area contributed by atoms with E-state index in [2.05, 4.69) is 72.8 Å². The molecule has 2 heterocycles. The second kappa shape index (κ2) is 10.5. The van der Waals surface area contributed by atoms with Crippen LogP contribution in [0.15, 0.2) is 132 Å². The Bertz CT molecular complexity index is 2430. The van der Waals surface area contributed by atoms with E-state index in [-0.39, 0.29) is 5.56 Å². The minimum absolute atomic E-state index is 0.132. The average molecular weight is 587 g/mol. The smallest absolute Gasteiger partial charge is 0.144 e. The lowest BCUT2D eigenvalue weighted by atomic mass is 9.83. The highest BCUT2D eigenvalue weighted by atomic mass is 16.3. The summed E-state index contributed by atoms with van der Waals surface area (Å²) in [7, 11) is 0. The number of hydrogen-bond donors (Lipinski definition) is 0. The van der Waals surface area contributed by atoms with Crippen molar-refractivity contribution < 1.29 is 11.3 Å². The quantitative estimate of drug-likeness (QED) is 0.206. The number of benzene rings is 5. The molecule has 5 aromatic carbocycles. The summed E-state index contributed by atoms with van der Waals surface area (Å²) in [6.07, 6.45) is -0.134. The van der Waals surface area contributed by atoms with E-state index in [0.29, 0.717) is 28.0 Å². The molecule has 8 rings (SSSR count). The molecule has 0 saturated carbocycles. The molecule has 2 heteroatoms. The summed E-state index contributed by atoms with van der Waals surface area (Å²) < 4.78 is 49.4. The van der Waals surface area contributed by atoms with Gasteiger partial charge in [0, 0.05) is 35.1 Å². The zero-order chi connectivity index (χ0) is 35.0. The van der Waals surface area contributed by atoms with Gasteiger partial charge >= 0.3 is 0 Å². The third-order valence-corrected chi connectivity index (χ3v) is 8.49. The summed E-state index contributed by atoms with van der Waals surface area (Å²) in [5.74, 6) is 0.771. The summed E-state index contributed by atoms with van der Waals surface area (Å²) in [6, 6.07) is 40.2. The Morgan fingerprint density at radius 3 is 1.87 bits per heavy atom. The summed E-state index contributed by atoms with van der Waals surface area (Å²) in [6.45, 7) is 3.20. The van der Waals surface area contributed by atoms with Crippen molar-refractivity contribution in [2.45, 2.75) is 34.0 Å². The lowest BCUT2D eigenvalue weighted by Crippen LogP contribution is -2.08. The van der Waals surface area contributed by atoms with Gasteiger partial charge in [0.1, 0.15) is 11.3 Å². The van der Waals surface area contributed by atoms with Crippen LogP contribution in [0.2, 0.25) is 0 Å². The van der Waals surface area contributed by atoms with Crippen LogP contribution in [0.4, 0.5) is 0 Å². The van der Waals surface area contributed by atoms with Gasteiger partial charge < -0.3 is 4.42 Å². The van der Waals surface area contributed by atoms with Crippen LogP contribution >= 0.6 is 0 Å². The maximum Gasteiger partial charge on any atom is 0.144 e. The molecule has 0 unspecified atom stereocenters. The molecular weight excluding hydrogens is 546 g/mol. The highest BCUT2D eigenvalue weighted by molar-refractivity contribution is 6.12. The fraction of sp³-hybridized carbons (Fsp3) is 0.140. The standard InChI is InChI=1S/C43H35NO/c1-27-26-44-39(24-38(27)29-22-20-28(21-23-29)25-43(2,3)4)36-18-11-19-37-40-34-16-9-7-14-32(34)30-12-5-6-13-31(30)33-15-8-10-17-35(33)42(40)45-41(36)37/h5-24,26H,25H2,1-4H3/i1D3,25D2. The molecule has 0 saturated heterocycles. The Balaban J connectivity index is 1.35. The highest BCUT2D eigenvalue weighted by Crippen LogP contribution is 2.52. The van der Waals surface area contributed by atoms with E-state index >= 15 is 0 Å².